The molecule has 0 spiro atoms. The van der Waals surface area contributed by atoms with Crippen LogP contribution < -0.4 is 9.47 Å². The van der Waals surface area contributed by atoms with E-state index in [-0.39, 0.29) is 6.79 Å². The van der Waals surface area contributed by atoms with Crippen molar-refractivity contribution in [3.8, 4) is 11.5 Å². The second kappa shape index (κ2) is 4.74. The smallest absolute Gasteiger partial charge is 0.231 e. The van der Waals surface area contributed by atoms with Gasteiger partial charge in [0.2, 0.25) is 6.79 Å². The van der Waals surface area contributed by atoms with Crippen LogP contribution in [0.5, 0.6) is 11.5 Å². The molecule has 2 aromatic rings. The van der Waals surface area contributed by atoms with Crippen LogP contribution in [0, 0.1) is 0 Å². The summed E-state index contributed by atoms with van der Waals surface area (Å²) < 4.78 is 11.4. The molecule has 1 aliphatic rings. The van der Waals surface area contributed by atoms with Crippen molar-refractivity contribution in [1.82, 2.24) is 0 Å². The molecule has 3 rings (SSSR count). The second-order valence-electron chi connectivity index (χ2n) is 3.77. The topological polar surface area (TPSA) is 38.7 Å². The molecule has 1 aliphatic heterocycles. The lowest BCUT2D eigenvalue weighted by Crippen LogP contribution is -1.98. The average Bonchev–Trinajstić information content (AvgIpc) is 2.96. The zero-order valence-electron chi connectivity index (χ0n) is 9.02. The van der Waals surface area contributed by atoms with Gasteiger partial charge in [-0.2, -0.15) is 0 Å². The zero-order valence-corrected chi connectivity index (χ0v) is 12.2. The summed E-state index contributed by atoms with van der Waals surface area (Å²) in [5.41, 5.74) is 0.687. The van der Waals surface area contributed by atoms with Crippen molar-refractivity contribution in [2.24, 2.45) is 0 Å². The van der Waals surface area contributed by atoms with Crippen LogP contribution in [0.3, 0.4) is 0 Å². The lowest BCUT2D eigenvalue weighted by Gasteiger charge is -2.11. The van der Waals surface area contributed by atoms with Gasteiger partial charge in [0, 0.05) is 4.47 Å². The summed E-state index contributed by atoms with van der Waals surface area (Å²) in [6.45, 7) is 0.164. The van der Waals surface area contributed by atoms with Crippen LogP contribution in [0.15, 0.2) is 28.1 Å². The molecule has 3 nitrogen and oxygen atoms in total. The number of benzene rings is 1. The molecule has 0 fully saturated rings. The summed E-state index contributed by atoms with van der Waals surface area (Å²) in [4.78, 5) is 0.838. The molecule has 0 bridgehead atoms. The van der Waals surface area contributed by atoms with Crippen molar-refractivity contribution in [3.63, 3.8) is 0 Å². The number of ether oxygens (including phenoxy) is 2. The van der Waals surface area contributed by atoms with Gasteiger partial charge >= 0.3 is 0 Å². The Balaban J connectivity index is 2.03. The maximum absolute atomic E-state index is 10.3. The minimum absolute atomic E-state index is 0.164. The van der Waals surface area contributed by atoms with Crippen molar-refractivity contribution < 1.29 is 14.6 Å². The first-order chi connectivity index (χ1) is 8.66. The summed E-state index contributed by atoms with van der Waals surface area (Å²) in [7, 11) is 0. The summed E-state index contributed by atoms with van der Waals surface area (Å²) in [5, 5.41) is 12.7. The molecule has 2 heterocycles. The average molecular weight is 348 g/mol. The van der Waals surface area contributed by atoms with Crippen molar-refractivity contribution in [3.05, 3.63) is 43.5 Å². The summed E-state index contributed by atoms with van der Waals surface area (Å²) >= 11 is 11.0. The summed E-state index contributed by atoms with van der Waals surface area (Å²) in [6, 6.07) is 5.36. The van der Waals surface area contributed by atoms with Crippen LogP contribution >= 0.6 is 38.9 Å². The summed E-state index contributed by atoms with van der Waals surface area (Å²) in [6.07, 6.45) is -0.730. The molecule has 0 amide bonds. The van der Waals surface area contributed by atoms with Crippen molar-refractivity contribution in [1.29, 1.82) is 0 Å². The Hall–Kier alpha value is -0.750. The van der Waals surface area contributed by atoms with Crippen LogP contribution in [0.1, 0.15) is 16.5 Å². The number of aliphatic hydroxyl groups is 1. The van der Waals surface area contributed by atoms with Crippen LogP contribution in [0.4, 0.5) is 0 Å². The van der Waals surface area contributed by atoms with Gasteiger partial charge in [-0.1, -0.05) is 11.6 Å². The molecule has 18 heavy (non-hydrogen) atoms. The Morgan fingerprint density at radius 1 is 1.39 bits per heavy atom. The van der Waals surface area contributed by atoms with Gasteiger partial charge in [0.05, 0.1) is 9.90 Å². The Kier molecular flexibility index (Phi) is 3.23. The number of hydrogen-bond acceptors (Lipinski definition) is 4. The van der Waals surface area contributed by atoms with E-state index in [0.29, 0.717) is 22.1 Å². The van der Waals surface area contributed by atoms with E-state index in [1.807, 2.05) is 11.4 Å². The SMILES string of the molecule is OC(c1cc(Cl)c2c(c1)OCO2)c1sccc1Br. The Morgan fingerprint density at radius 2 is 2.22 bits per heavy atom. The van der Waals surface area contributed by atoms with Gasteiger partial charge < -0.3 is 14.6 Å². The number of aliphatic hydroxyl groups excluding tert-OH is 1. The molecule has 0 saturated carbocycles. The monoisotopic (exact) mass is 346 g/mol. The normalized spacial score (nSPS) is 14.8. The van der Waals surface area contributed by atoms with Gasteiger partial charge in [-0.05, 0) is 45.1 Å². The highest BCUT2D eigenvalue weighted by Gasteiger charge is 2.22. The van der Waals surface area contributed by atoms with E-state index in [0.717, 1.165) is 9.35 Å². The fourth-order valence-corrected chi connectivity index (χ4v) is 3.67. The minimum atomic E-state index is -0.730. The largest absolute Gasteiger partial charge is 0.454 e. The first kappa shape index (κ1) is 12.3. The fraction of sp³-hybridized carbons (Fsp3) is 0.167. The lowest BCUT2D eigenvalue weighted by atomic mass is 10.1. The molecule has 1 atom stereocenters. The molecule has 0 saturated heterocycles. The minimum Gasteiger partial charge on any atom is -0.454 e. The highest BCUT2D eigenvalue weighted by atomic mass is 79.9. The van der Waals surface area contributed by atoms with E-state index in [1.54, 1.807) is 12.1 Å². The zero-order chi connectivity index (χ0) is 12.7. The molecule has 1 aromatic heterocycles. The van der Waals surface area contributed by atoms with E-state index in [1.165, 1.54) is 11.3 Å². The quantitative estimate of drug-likeness (QED) is 0.893. The highest BCUT2D eigenvalue weighted by Crippen LogP contribution is 2.43. The second-order valence-corrected chi connectivity index (χ2v) is 5.98. The number of fused-ring (bicyclic) bond motifs is 1. The van der Waals surface area contributed by atoms with Crippen LogP contribution in [-0.2, 0) is 0 Å². The van der Waals surface area contributed by atoms with E-state index < -0.39 is 6.10 Å². The van der Waals surface area contributed by atoms with E-state index >= 15 is 0 Å². The number of rotatable bonds is 2. The number of hydrogen-bond donors (Lipinski definition) is 1. The molecule has 1 N–H and O–H groups in total. The van der Waals surface area contributed by atoms with Crippen molar-refractivity contribution in [2.75, 3.05) is 6.79 Å². The molecule has 6 heteroatoms. The number of halogens is 2. The molecule has 1 aromatic carbocycles. The molecular weight excluding hydrogens is 340 g/mol. The van der Waals surface area contributed by atoms with E-state index in [9.17, 15) is 5.11 Å². The Labute approximate surface area is 121 Å². The van der Waals surface area contributed by atoms with Gasteiger partial charge in [-0.25, -0.2) is 0 Å². The van der Waals surface area contributed by atoms with Gasteiger partial charge in [-0.15, -0.1) is 11.3 Å². The third kappa shape index (κ3) is 2.01. The highest BCUT2D eigenvalue weighted by molar-refractivity contribution is 9.10. The molecular formula is C12H8BrClO3S. The summed E-state index contributed by atoms with van der Waals surface area (Å²) in [5.74, 6) is 1.11. The van der Waals surface area contributed by atoms with Crippen molar-refractivity contribution in [2.45, 2.75) is 6.10 Å². The number of thiophene rings is 1. The lowest BCUT2D eigenvalue weighted by molar-refractivity contribution is 0.173. The van der Waals surface area contributed by atoms with Gasteiger partial charge in [-0.3, -0.25) is 0 Å². The molecule has 94 valence electrons. The third-order valence-electron chi connectivity index (χ3n) is 2.66. The van der Waals surface area contributed by atoms with Crippen LogP contribution in [0.2, 0.25) is 5.02 Å². The molecule has 0 aliphatic carbocycles. The third-order valence-corrected chi connectivity index (χ3v) is 4.86. The van der Waals surface area contributed by atoms with Crippen molar-refractivity contribution >= 4 is 38.9 Å². The standard InChI is InChI=1S/C12H8BrClO3S/c13-7-1-2-18-12(7)10(15)6-3-8(14)11-9(4-6)16-5-17-11/h1-4,10,15H,5H2. The first-order valence-electron chi connectivity index (χ1n) is 5.17. The molecule has 1 unspecified atom stereocenters. The maximum atomic E-state index is 10.3. The Bertz CT molecular complexity index is 599. The van der Waals surface area contributed by atoms with Crippen LogP contribution in [0.25, 0.3) is 0 Å². The fourth-order valence-electron chi connectivity index (χ4n) is 1.80. The van der Waals surface area contributed by atoms with E-state index in [2.05, 4.69) is 15.9 Å². The molecule has 0 radical (unpaired) electrons. The maximum Gasteiger partial charge on any atom is 0.231 e. The van der Waals surface area contributed by atoms with Gasteiger partial charge in [0.1, 0.15) is 6.10 Å². The van der Waals surface area contributed by atoms with E-state index in [4.69, 9.17) is 21.1 Å². The predicted molar refractivity (Wildman–Crippen MR) is 73.7 cm³/mol. The Morgan fingerprint density at radius 3 is 2.94 bits per heavy atom. The first-order valence-corrected chi connectivity index (χ1v) is 7.22. The van der Waals surface area contributed by atoms with Crippen LogP contribution in [-0.4, -0.2) is 11.9 Å². The van der Waals surface area contributed by atoms with Gasteiger partial charge in [0.25, 0.3) is 0 Å². The predicted octanol–water partition coefficient (Wildman–Crippen LogP) is 3.97. The van der Waals surface area contributed by atoms with Gasteiger partial charge in [0.15, 0.2) is 11.5 Å².